The fourth-order valence-corrected chi connectivity index (χ4v) is 8.73. The molecule has 9 aromatic rings. The summed E-state index contributed by atoms with van der Waals surface area (Å²) in [6.45, 7) is 6.42. The number of hydrogen-bond donors (Lipinski definition) is 0. The molecule has 0 heterocycles. The van der Waals surface area contributed by atoms with Crippen molar-refractivity contribution in [2.75, 3.05) is 0 Å². The quantitative estimate of drug-likeness (QED) is 0.0534. The Morgan fingerprint density at radius 2 is 0.729 bits per heavy atom. The Balaban J connectivity index is 1.44. The molecule has 1 heteroatoms. The Kier molecular flexibility index (Phi) is 11.1. The van der Waals surface area contributed by atoms with Crippen LogP contribution in [0.1, 0.15) is 31.7 Å². The predicted octanol–water partition coefficient (Wildman–Crippen LogP) is 16.2. The van der Waals surface area contributed by atoms with Crippen LogP contribution < -0.4 is 0 Å². The maximum absolute atomic E-state index is 2.49. The summed E-state index contributed by atoms with van der Waals surface area (Å²) < 4.78 is 0. The zero-order valence-corrected chi connectivity index (χ0v) is 33.9. The van der Waals surface area contributed by atoms with E-state index in [1.807, 2.05) is 0 Å². The van der Waals surface area contributed by atoms with Gasteiger partial charge in [-0.3, -0.25) is 0 Å². The van der Waals surface area contributed by atoms with Gasteiger partial charge >= 0.3 is 156 Å². The number of benzene rings is 9. The molecule has 0 saturated carbocycles. The number of hydrogen-bond acceptors (Lipinski definition) is 0. The van der Waals surface area contributed by atoms with Gasteiger partial charge < -0.3 is 0 Å². The third-order valence-electron chi connectivity index (χ3n) is 11.7. The number of unbranched alkanes of at least 4 members (excludes halogenated alkanes) is 2. The first kappa shape index (κ1) is 37.7. The van der Waals surface area contributed by atoms with Crippen LogP contribution in [0.5, 0.6) is 0 Å². The molecule has 9 rings (SSSR count). The first-order valence-electron chi connectivity index (χ1n) is 21.0. The van der Waals surface area contributed by atoms with Gasteiger partial charge in [0.1, 0.15) is 0 Å². The first-order valence-corrected chi connectivity index (χ1v) is 21.0. The zero-order chi connectivity index (χ0) is 40.0. The minimum absolute atomic E-state index is 1.04. The molecule has 0 spiro atoms. The van der Waals surface area contributed by atoms with E-state index in [0.29, 0.717) is 0 Å². The normalized spacial score (nSPS) is 11.9. The van der Waals surface area contributed by atoms with Gasteiger partial charge in [0, 0.05) is 0 Å². The van der Waals surface area contributed by atoms with Crippen LogP contribution in [-0.2, 0) is 0 Å². The SMILES string of the molecule is CB=CCCCC=CC(=CC)c1cc2c(cc1-c1ccccc1)c1cc(-c3ccccc3)c(-c3ccccc3)cc1c1cc(-c3ccccc3)c(-c3ccccc3)cc21. The topological polar surface area (TPSA) is 0 Å². The molecule has 282 valence electrons. The van der Waals surface area contributed by atoms with Gasteiger partial charge in [0.15, 0.2) is 0 Å². The third kappa shape index (κ3) is 7.65. The van der Waals surface area contributed by atoms with Crippen LogP contribution in [0, 0.1) is 0 Å². The molecule has 59 heavy (non-hydrogen) atoms. The molecular weight excluding hydrogens is 707 g/mol. The minimum atomic E-state index is 1.04. The van der Waals surface area contributed by atoms with Crippen molar-refractivity contribution >= 4 is 50.8 Å². The second kappa shape index (κ2) is 17.3. The second-order valence-electron chi connectivity index (χ2n) is 15.3. The van der Waals surface area contributed by atoms with E-state index in [0.717, 1.165) is 19.3 Å². The Hall–Kier alpha value is -6.83. The molecule has 0 amide bonds. The van der Waals surface area contributed by atoms with Crippen molar-refractivity contribution in [2.45, 2.75) is 33.0 Å². The maximum atomic E-state index is 2.49. The summed E-state index contributed by atoms with van der Waals surface area (Å²) in [6.07, 6.45) is 10.3. The average Bonchev–Trinajstić information content (AvgIpc) is 3.31. The molecule has 0 nitrogen and oxygen atoms in total. The summed E-state index contributed by atoms with van der Waals surface area (Å²) in [5.41, 5.74) is 14.7. The van der Waals surface area contributed by atoms with Crippen molar-refractivity contribution < 1.29 is 0 Å². The molecule has 0 radical (unpaired) electrons. The molecular formula is C58H47B. The van der Waals surface area contributed by atoms with Gasteiger partial charge in [-0.1, -0.05) is 127 Å². The van der Waals surface area contributed by atoms with Crippen LogP contribution >= 0.6 is 0 Å². The molecule has 0 aliphatic rings. The summed E-state index contributed by atoms with van der Waals surface area (Å²) in [6, 6.07) is 69.4. The summed E-state index contributed by atoms with van der Waals surface area (Å²) in [4.78, 5) is 0. The fraction of sp³-hybridized carbons (Fsp3) is 0.0862. The molecule has 0 unspecified atom stereocenters. The zero-order valence-electron chi connectivity index (χ0n) is 33.9. The molecule has 0 atom stereocenters. The number of fused-ring (bicyclic) bond motifs is 6. The van der Waals surface area contributed by atoms with Gasteiger partial charge in [-0.05, 0) is 68.1 Å². The van der Waals surface area contributed by atoms with Crippen molar-refractivity contribution in [3.63, 3.8) is 0 Å². The molecule has 0 fully saturated rings. The molecule has 0 aromatic heterocycles. The summed E-state index contributed by atoms with van der Waals surface area (Å²) in [7, 11) is 0. The van der Waals surface area contributed by atoms with E-state index in [2.05, 4.69) is 233 Å². The van der Waals surface area contributed by atoms with E-state index in [-0.39, 0.29) is 0 Å². The number of allylic oxidation sites excluding steroid dienone is 4. The fourth-order valence-electron chi connectivity index (χ4n) is 8.73. The average molecular weight is 755 g/mol. The third-order valence-corrected chi connectivity index (χ3v) is 11.7. The Bertz CT molecular complexity index is 2900. The van der Waals surface area contributed by atoms with Crippen LogP contribution in [0.3, 0.4) is 0 Å². The number of rotatable bonds is 11. The molecule has 0 saturated heterocycles. The molecule has 0 N–H and O–H groups in total. The molecule has 0 aliphatic heterocycles. The van der Waals surface area contributed by atoms with Gasteiger partial charge in [0.25, 0.3) is 0 Å². The van der Waals surface area contributed by atoms with E-state index >= 15 is 0 Å². The van der Waals surface area contributed by atoms with Gasteiger partial charge in [0.05, 0.1) is 0 Å². The van der Waals surface area contributed by atoms with Crippen molar-refractivity contribution in [3.8, 4) is 55.6 Å². The van der Waals surface area contributed by atoms with E-state index in [1.165, 1.54) is 99.1 Å². The first-order chi connectivity index (χ1) is 29.2. The molecule has 0 aliphatic carbocycles. The summed E-state index contributed by atoms with van der Waals surface area (Å²) >= 11 is 0. The van der Waals surface area contributed by atoms with Crippen LogP contribution in [0.2, 0.25) is 6.82 Å². The van der Waals surface area contributed by atoms with E-state index in [9.17, 15) is 0 Å². The van der Waals surface area contributed by atoms with E-state index < -0.39 is 0 Å². The van der Waals surface area contributed by atoms with Gasteiger partial charge in [-0.15, -0.1) is 0 Å². The summed E-state index contributed by atoms with van der Waals surface area (Å²) in [5, 5.41) is 7.52. The second-order valence-corrected chi connectivity index (χ2v) is 15.3. The van der Waals surface area contributed by atoms with Crippen LogP contribution in [0.4, 0.5) is 0 Å². The van der Waals surface area contributed by atoms with Crippen molar-refractivity contribution in [1.82, 2.24) is 0 Å². The van der Waals surface area contributed by atoms with Gasteiger partial charge in [-0.2, -0.15) is 0 Å². The molecule has 9 aromatic carbocycles. The van der Waals surface area contributed by atoms with Gasteiger partial charge in [0.2, 0.25) is 0 Å². The predicted molar refractivity (Wildman–Crippen MR) is 260 cm³/mol. The van der Waals surface area contributed by atoms with Crippen LogP contribution in [-0.4, -0.2) is 12.9 Å². The van der Waals surface area contributed by atoms with Crippen molar-refractivity contribution in [2.24, 2.45) is 0 Å². The Morgan fingerprint density at radius 3 is 1.07 bits per heavy atom. The molecule has 0 bridgehead atoms. The van der Waals surface area contributed by atoms with Gasteiger partial charge in [-0.25, -0.2) is 0 Å². The van der Waals surface area contributed by atoms with E-state index in [4.69, 9.17) is 0 Å². The monoisotopic (exact) mass is 754 g/mol. The Morgan fingerprint density at radius 1 is 0.407 bits per heavy atom. The van der Waals surface area contributed by atoms with Crippen LogP contribution in [0.15, 0.2) is 206 Å². The summed E-state index contributed by atoms with van der Waals surface area (Å²) in [5.74, 6) is 2.26. The van der Waals surface area contributed by atoms with Crippen molar-refractivity contribution in [1.29, 1.82) is 0 Å². The van der Waals surface area contributed by atoms with Crippen molar-refractivity contribution in [3.05, 3.63) is 212 Å². The van der Waals surface area contributed by atoms with E-state index in [1.54, 1.807) is 0 Å². The standard InChI is InChI=1S/C58H47B/c1-3-41(23-11-4-5-22-34-59-2)47-35-53-54(36-48(47)42-24-12-6-13-25-42)56-38-50(44-28-16-8-17-29-44)52(46-32-20-10-21-33-46)40-58(56)57-39-51(45-30-18-9-19-31-45)49(37-55(53)57)43-26-14-7-15-27-43/h3,6-21,23-40H,4-5,22H2,1-2H3. The Labute approximate surface area is 349 Å². The van der Waals surface area contributed by atoms with Crippen LogP contribution in [0.25, 0.3) is 93.5 Å².